The second-order valence-corrected chi connectivity index (χ2v) is 6.74. The van der Waals surface area contributed by atoms with E-state index in [9.17, 15) is 18.7 Å². The molecule has 1 N–H and O–H groups in total. The highest BCUT2D eigenvalue weighted by Crippen LogP contribution is 2.51. The standard InChI is InChI=1S/C17H17F2NO5/c18-15(19)24-13-8-17(13,14(21)22)11-3-1-2-10(6-11)12-7-16(25-20-12)4-5-23-9-16/h1-3,6,13,15H,4-5,7-9H2,(H,21,22). The highest BCUT2D eigenvalue weighted by Gasteiger charge is 2.64. The molecule has 3 atom stereocenters. The molecule has 4 rings (SSSR count). The monoisotopic (exact) mass is 353 g/mol. The molecule has 1 saturated heterocycles. The van der Waals surface area contributed by atoms with E-state index in [4.69, 9.17) is 9.57 Å². The van der Waals surface area contributed by atoms with Crippen molar-refractivity contribution in [3.8, 4) is 0 Å². The lowest BCUT2D eigenvalue weighted by Gasteiger charge is -2.17. The normalized spacial score (nSPS) is 33.6. The van der Waals surface area contributed by atoms with Gasteiger partial charge in [-0.2, -0.15) is 8.78 Å². The van der Waals surface area contributed by atoms with Crippen molar-refractivity contribution in [2.45, 2.75) is 43.0 Å². The average Bonchev–Trinajstić information content (AvgIpc) is 2.95. The lowest BCUT2D eigenvalue weighted by molar-refractivity contribution is -0.154. The minimum absolute atomic E-state index is 0.0247. The van der Waals surface area contributed by atoms with Crippen molar-refractivity contribution < 1.29 is 33.0 Å². The van der Waals surface area contributed by atoms with Gasteiger partial charge in [0.1, 0.15) is 5.41 Å². The maximum atomic E-state index is 12.5. The number of carboxylic acid groups (broad SMARTS) is 1. The van der Waals surface area contributed by atoms with Crippen LogP contribution in [-0.4, -0.2) is 48.3 Å². The molecule has 0 radical (unpaired) electrons. The van der Waals surface area contributed by atoms with E-state index in [0.29, 0.717) is 30.9 Å². The molecule has 1 aromatic carbocycles. The van der Waals surface area contributed by atoms with Crippen LogP contribution in [-0.2, 0) is 24.5 Å². The van der Waals surface area contributed by atoms with E-state index in [1.165, 1.54) is 0 Å². The second-order valence-electron chi connectivity index (χ2n) is 6.74. The topological polar surface area (TPSA) is 77.4 Å². The number of halogens is 2. The van der Waals surface area contributed by atoms with Crippen LogP contribution >= 0.6 is 0 Å². The van der Waals surface area contributed by atoms with E-state index in [1.54, 1.807) is 24.3 Å². The van der Waals surface area contributed by atoms with E-state index in [2.05, 4.69) is 9.89 Å². The highest BCUT2D eigenvalue weighted by molar-refractivity contribution is 6.02. The number of hydrogen-bond donors (Lipinski definition) is 1. The maximum Gasteiger partial charge on any atom is 0.345 e. The Hall–Kier alpha value is -2.06. The molecule has 0 bridgehead atoms. The summed E-state index contributed by atoms with van der Waals surface area (Å²) < 4.78 is 34.8. The first kappa shape index (κ1) is 16.4. The van der Waals surface area contributed by atoms with Crippen LogP contribution in [0.2, 0.25) is 0 Å². The first-order chi connectivity index (χ1) is 12.0. The summed E-state index contributed by atoms with van der Waals surface area (Å²) in [4.78, 5) is 17.3. The fraction of sp³-hybridized carbons (Fsp3) is 0.529. The van der Waals surface area contributed by atoms with Crippen LogP contribution in [0.15, 0.2) is 29.4 Å². The van der Waals surface area contributed by atoms with Gasteiger partial charge in [0.15, 0.2) is 5.60 Å². The third-order valence-electron chi connectivity index (χ3n) is 5.16. The minimum Gasteiger partial charge on any atom is -0.481 e. The Morgan fingerprint density at radius 1 is 1.44 bits per heavy atom. The van der Waals surface area contributed by atoms with Crippen molar-refractivity contribution in [2.75, 3.05) is 13.2 Å². The average molecular weight is 353 g/mol. The fourth-order valence-electron chi connectivity index (χ4n) is 3.63. The van der Waals surface area contributed by atoms with Gasteiger partial charge in [-0.05, 0) is 23.6 Å². The molecule has 1 saturated carbocycles. The van der Waals surface area contributed by atoms with E-state index < -0.39 is 29.7 Å². The largest absolute Gasteiger partial charge is 0.481 e. The number of benzene rings is 1. The summed E-state index contributed by atoms with van der Waals surface area (Å²) in [5.41, 5.74) is 0.0103. The third kappa shape index (κ3) is 2.69. The maximum absolute atomic E-state index is 12.5. The molecule has 2 fully saturated rings. The van der Waals surface area contributed by atoms with Crippen LogP contribution in [0.25, 0.3) is 0 Å². The van der Waals surface area contributed by atoms with Gasteiger partial charge in [0.05, 0.1) is 25.0 Å². The number of rotatable bonds is 5. The van der Waals surface area contributed by atoms with Crippen LogP contribution in [0, 0.1) is 0 Å². The number of oxime groups is 1. The molecular weight excluding hydrogens is 336 g/mol. The second kappa shape index (κ2) is 5.74. The molecule has 134 valence electrons. The summed E-state index contributed by atoms with van der Waals surface area (Å²) in [6, 6.07) is 6.81. The number of hydrogen-bond acceptors (Lipinski definition) is 5. The zero-order chi connectivity index (χ0) is 17.7. The molecule has 6 nitrogen and oxygen atoms in total. The first-order valence-corrected chi connectivity index (χ1v) is 8.06. The molecule has 1 aliphatic carbocycles. The Kier molecular flexibility index (Phi) is 3.77. The molecular formula is C17H17F2NO5. The molecule has 25 heavy (non-hydrogen) atoms. The van der Waals surface area contributed by atoms with Crippen molar-refractivity contribution in [3.05, 3.63) is 35.4 Å². The van der Waals surface area contributed by atoms with Gasteiger partial charge in [0, 0.05) is 12.8 Å². The third-order valence-corrected chi connectivity index (χ3v) is 5.16. The van der Waals surface area contributed by atoms with Gasteiger partial charge in [-0.3, -0.25) is 4.79 Å². The molecule has 3 unspecified atom stereocenters. The van der Waals surface area contributed by atoms with Crippen molar-refractivity contribution in [1.29, 1.82) is 0 Å². The SMILES string of the molecule is O=C(O)C1(c2cccc(C3=NOC4(CCOC4)C3)c2)CC1OC(F)F. The molecule has 2 aliphatic heterocycles. The molecule has 3 aliphatic rings. The number of carboxylic acids is 1. The lowest BCUT2D eigenvalue weighted by atomic mass is 9.89. The van der Waals surface area contributed by atoms with Crippen molar-refractivity contribution in [1.82, 2.24) is 0 Å². The number of alkyl halides is 2. The van der Waals surface area contributed by atoms with Gasteiger partial charge in [-0.25, -0.2) is 0 Å². The molecule has 0 amide bonds. The van der Waals surface area contributed by atoms with Crippen LogP contribution < -0.4 is 0 Å². The van der Waals surface area contributed by atoms with E-state index in [-0.39, 0.29) is 6.42 Å². The zero-order valence-electron chi connectivity index (χ0n) is 13.3. The number of nitrogens with zero attached hydrogens (tertiary/aromatic N) is 1. The summed E-state index contributed by atoms with van der Waals surface area (Å²) in [5, 5.41) is 13.7. The van der Waals surface area contributed by atoms with Gasteiger partial charge in [0.2, 0.25) is 0 Å². The lowest BCUT2D eigenvalue weighted by Crippen LogP contribution is -2.29. The van der Waals surface area contributed by atoms with Crippen LogP contribution in [0.3, 0.4) is 0 Å². The van der Waals surface area contributed by atoms with Crippen molar-refractivity contribution >= 4 is 11.7 Å². The summed E-state index contributed by atoms with van der Waals surface area (Å²) in [7, 11) is 0. The molecule has 2 heterocycles. The smallest absolute Gasteiger partial charge is 0.345 e. The highest BCUT2D eigenvalue weighted by atomic mass is 19.3. The van der Waals surface area contributed by atoms with Crippen molar-refractivity contribution in [2.24, 2.45) is 5.16 Å². The van der Waals surface area contributed by atoms with E-state index in [1.807, 2.05) is 0 Å². The Bertz CT molecular complexity index is 732. The quantitative estimate of drug-likeness (QED) is 0.879. The van der Waals surface area contributed by atoms with Crippen LogP contribution in [0.1, 0.15) is 30.4 Å². The van der Waals surface area contributed by atoms with Gasteiger partial charge < -0.3 is 19.4 Å². The van der Waals surface area contributed by atoms with Crippen molar-refractivity contribution in [3.63, 3.8) is 0 Å². The summed E-state index contributed by atoms with van der Waals surface area (Å²) in [5.74, 6) is -1.17. The zero-order valence-corrected chi connectivity index (χ0v) is 13.3. The van der Waals surface area contributed by atoms with Gasteiger partial charge in [-0.15, -0.1) is 0 Å². The predicted octanol–water partition coefficient (Wildman–Crippen LogP) is 2.30. The van der Waals surface area contributed by atoms with Crippen LogP contribution in [0.4, 0.5) is 8.78 Å². The molecule has 8 heteroatoms. The fourth-order valence-corrected chi connectivity index (χ4v) is 3.63. The Morgan fingerprint density at radius 3 is 2.96 bits per heavy atom. The van der Waals surface area contributed by atoms with E-state index in [0.717, 1.165) is 12.0 Å². The molecule has 1 spiro atoms. The van der Waals surface area contributed by atoms with Crippen LogP contribution in [0.5, 0.6) is 0 Å². The Labute approximate surface area is 142 Å². The predicted molar refractivity (Wildman–Crippen MR) is 81.7 cm³/mol. The summed E-state index contributed by atoms with van der Waals surface area (Å²) >= 11 is 0. The number of ether oxygens (including phenoxy) is 2. The van der Waals surface area contributed by atoms with Gasteiger partial charge in [-0.1, -0.05) is 23.4 Å². The van der Waals surface area contributed by atoms with Gasteiger partial charge in [0.25, 0.3) is 0 Å². The number of carbonyl (C=O) groups is 1. The Balaban J connectivity index is 1.59. The first-order valence-electron chi connectivity index (χ1n) is 8.06. The Morgan fingerprint density at radius 2 is 2.28 bits per heavy atom. The summed E-state index contributed by atoms with van der Waals surface area (Å²) in [6.45, 7) is -1.90. The summed E-state index contributed by atoms with van der Waals surface area (Å²) in [6.07, 6.45) is 0.324. The molecule has 1 aromatic rings. The molecule has 0 aromatic heterocycles. The van der Waals surface area contributed by atoms with E-state index >= 15 is 0 Å². The van der Waals surface area contributed by atoms with Gasteiger partial charge >= 0.3 is 12.6 Å². The minimum atomic E-state index is -3.00. The number of aliphatic carboxylic acids is 1.